The van der Waals surface area contributed by atoms with E-state index in [4.69, 9.17) is 0 Å². The number of hydrogen-bond donors (Lipinski definition) is 0. The predicted octanol–water partition coefficient (Wildman–Crippen LogP) is 5.04. The molecule has 190 valence electrons. The third-order valence-corrected chi connectivity index (χ3v) is 6.19. The molecule has 0 saturated heterocycles. The van der Waals surface area contributed by atoms with Crippen molar-refractivity contribution in [1.82, 2.24) is 14.7 Å². The maximum Gasteiger partial charge on any atom is 0.586 e. The number of amides is 1. The first-order valence-corrected chi connectivity index (χ1v) is 11.0. The van der Waals surface area contributed by atoms with Crippen LogP contribution in [0.15, 0.2) is 42.5 Å². The lowest BCUT2D eigenvalue weighted by Crippen LogP contribution is -2.31. The van der Waals surface area contributed by atoms with Gasteiger partial charge in [-0.05, 0) is 37.4 Å². The highest BCUT2D eigenvalue weighted by molar-refractivity contribution is 6.06. The molecule has 1 aromatic heterocycles. The maximum absolute atomic E-state index is 13.8. The Hall–Kier alpha value is -3.67. The molecule has 1 unspecified atom stereocenters. The van der Waals surface area contributed by atoms with Crippen molar-refractivity contribution in [3.05, 3.63) is 65.0 Å². The summed E-state index contributed by atoms with van der Waals surface area (Å²) >= 11 is 0. The van der Waals surface area contributed by atoms with Gasteiger partial charge in [0, 0.05) is 48.9 Å². The number of nitrogens with zero attached hydrogens (tertiary/aromatic N) is 4. The van der Waals surface area contributed by atoms with Crippen LogP contribution < -0.4 is 14.4 Å². The van der Waals surface area contributed by atoms with Crippen LogP contribution in [0, 0.1) is 0 Å². The van der Waals surface area contributed by atoms with Gasteiger partial charge in [-0.2, -0.15) is 18.3 Å². The summed E-state index contributed by atoms with van der Waals surface area (Å²) in [4.78, 5) is 16.2. The first-order chi connectivity index (χ1) is 16.8. The zero-order valence-electron chi connectivity index (χ0n) is 19.4. The minimum atomic E-state index is -4.63. The topological polar surface area (TPSA) is 59.8 Å². The van der Waals surface area contributed by atoms with E-state index >= 15 is 0 Å². The van der Waals surface area contributed by atoms with E-state index in [-0.39, 0.29) is 40.8 Å². The minimum absolute atomic E-state index is 0.110. The first-order valence-electron chi connectivity index (χ1n) is 11.0. The highest BCUT2D eigenvalue weighted by Crippen LogP contribution is 2.43. The zero-order valence-corrected chi connectivity index (χ0v) is 19.4. The molecular formula is C24H21F5N4O3. The molecule has 0 bridgehead atoms. The van der Waals surface area contributed by atoms with Crippen LogP contribution in [0.25, 0.3) is 5.69 Å². The fourth-order valence-corrected chi connectivity index (χ4v) is 4.67. The lowest BCUT2D eigenvalue weighted by Gasteiger charge is -2.29. The minimum Gasteiger partial charge on any atom is -0.395 e. The molecular weight excluding hydrogens is 487 g/mol. The summed E-state index contributed by atoms with van der Waals surface area (Å²) in [6.07, 6.45) is -8.42. The van der Waals surface area contributed by atoms with Crippen LogP contribution in [-0.2, 0) is 12.7 Å². The third-order valence-electron chi connectivity index (χ3n) is 6.19. The number of hydrogen-bond acceptors (Lipinski definition) is 5. The lowest BCUT2D eigenvalue weighted by atomic mass is 9.96. The van der Waals surface area contributed by atoms with E-state index in [1.807, 2.05) is 11.8 Å². The molecule has 0 saturated carbocycles. The van der Waals surface area contributed by atoms with Gasteiger partial charge >= 0.3 is 12.5 Å². The van der Waals surface area contributed by atoms with Crippen molar-refractivity contribution >= 4 is 11.6 Å². The quantitative estimate of drug-likeness (QED) is 0.464. The number of carbonyl (C=O) groups is 1. The van der Waals surface area contributed by atoms with E-state index in [1.165, 1.54) is 47.0 Å². The summed E-state index contributed by atoms with van der Waals surface area (Å²) < 4.78 is 78.1. The molecule has 1 amide bonds. The Labute approximate surface area is 202 Å². The normalized spacial score (nSPS) is 18.7. The Morgan fingerprint density at radius 3 is 2.58 bits per heavy atom. The highest BCUT2D eigenvalue weighted by Gasteiger charge is 2.44. The molecule has 36 heavy (non-hydrogen) atoms. The van der Waals surface area contributed by atoms with Gasteiger partial charge in [0.15, 0.2) is 17.2 Å². The molecule has 1 atom stereocenters. The second-order valence-electron chi connectivity index (χ2n) is 8.93. The second-order valence-corrected chi connectivity index (χ2v) is 8.93. The average Bonchev–Trinajstić information content (AvgIpc) is 3.33. The predicted molar refractivity (Wildman–Crippen MR) is 119 cm³/mol. The van der Waals surface area contributed by atoms with Crippen molar-refractivity contribution in [3.8, 4) is 17.2 Å². The van der Waals surface area contributed by atoms with Gasteiger partial charge in [0.05, 0.1) is 11.4 Å². The molecule has 2 aromatic carbocycles. The van der Waals surface area contributed by atoms with Gasteiger partial charge in [0.2, 0.25) is 0 Å². The fourth-order valence-electron chi connectivity index (χ4n) is 4.67. The Morgan fingerprint density at radius 2 is 1.86 bits per heavy atom. The van der Waals surface area contributed by atoms with Crippen molar-refractivity contribution in [2.75, 3.05) is 25.5 Å². The summed E-state index contributed by atoms with van der Waals surface area (Å²) in [6.45, 7) is 2.50. The van der Waals surface area contributed by atoms with Crippen LogP contribution in [-0.4, -0.2) is 47.5 Å². The van der Waals surface area contributed by atoms with Gasteiger partial charge in [-0.15, -0.1) is 8.78 Å². The molecule has 0 aliphatic carbocycles. The molecule has 2 aliphatic rings. The van der Waals surface area contributed by atoms with Gasteiger partial charge in [-0.3, -0.25) is 4.79 Å². The van der Waals surface area contributed by atoms with Crippen molar-refractivity contribution in [2.45, 2.75) is 31.9 Å². The Kier molecular flexibility index (Phi) is 5.47. The van der Waals surface area contributed by atoms with Crippen LogP contribution in [0.1, 0.15) is 40.2 Å². The third kappa shape index (κ3) is 4.15. The lowest BCUT2D eigenvalue weighted by molar-refractivity contribution is -0.286. The number of carbonyl (C=O) groups excluding carboxylic acids is 1. The largest absolute Gasteiger partial charge is 0.586 e. The fraction of sp³-hybridized carbons (Fsp3) is 0.333. The summed E-state index contributed by atoms with van der Waals surface area (Å²) in [5.41, 5.74) is 0.379. The van der Waals surface area contributed by atoms with Crippen molar-refractivity contribution < 1.29 is 36.2 Å². The van der Waals surface area contributed by atoms with E-state index in [9.17, 15) is 26.7 Å². The molecule has 0 radical (unpaired) electrons. The number of aromatic nitrogens is 2. The smallest absolute Gasteiger partial charge is 0.395 e. The van der Waals surface area contributed by atoms with Crippen LogP contribution >= 0.6 is 0 Å². The number of alkyl halides is 5. The van der Waals surface area contributed by atoms with Crippen LogP contribution in [0.2, 0.25) is 0 Å². The van der Waals surface area contributed by atoms with Crippen LogP contribution in [0.3, 0.4) is 0 Å². The van der Waals surface area contributed by atoms with E-state index in [0.717, 1.165) is 0 Å². The van der Waals surface area contributed by atoms with E-state index in [2.05, 4.69) is 14.6 Å². The molecule has 3 aromatic rings. The van der Waals surface area contributed by atoms with Crippen molar-refractivity contribution in [1.29, 1.82) is 0 Å². The van der Waals surface area contributed by atoms with E-state index in [0.29, 0.717) is 17.9 Å². The number of anilines is 1. The second kappa shape index (κ2) is 8.19. The van der Waals surface area contributed by atoms with Gasteiger partial charge in [-0.1, -0.05) is 13.0 Å². The first kappa shape index (κ1) is 24.0. The van der Waals surface area contributed by atoms with Crippen LogP contribution in [0.4, 0.5) is 27.6 Å². The average molecular weight is 508 g/mol. The number of benzene rings is 2. The number of fused-ring (bicyclic) bond motifs is 2. The molecule has 7 nitrogen and oxygen atoms in total. The number of halogens is 5. The number of likely N-dealkylation sites (N-methyl/N-ethyl adjacent to an activating group) is 1. The standard InChI is InChI=1S/C24H21F5N4O3/c1-13-11-31(2)12-17-20(13)33(30-21(17)23(25,26)27)16-6-4-5-14(9-16)22(34)32(3)15-7-8-18-19(10-15)36-24(28,29)35-18/h4-10,13H,11-12H2,1-3H3. The SMILES string of the molecule is CC1CN(C)Cc2c(C(F)(F)F)nn(-c3cccc(C(=O)N(C)c4ccc5c(c4)OC(F)(F)O5)c3)c21. The molecule has 12 heteroatoms. The van der Waals surface area contributed by atoms with Gasteiger partial charge in [0.25, 0.3) is 5.91 Å². The van der Waals surface area contributed by atoms with Crippen LogP contribution in [0.5, 0.6) is 11.5 Å². The zero-order chi connectivity index (χ0) is 26.0. The Bertz CT molecular complexity index is 1350. The molecule has 5 rings (SSSR count). The van der Waals surface area contributed by atoms with Crippen molar-refractivity contribution in [3.63, 3.8) is 0 Å². The van der Waals surface area contributed by atoms with E-state index < -0.39 is 24.1 Å². The molecule has 0 spiro atoms. The summed E-state index contributed by atoms with van der Waals surface area (Å²) in [6, 6.07) is 10.0. The number of ether oxygens (including phenoxy) is 2. The summed E-state index contributed by atoms with van der Waals surface area (Å²) in [7, 11) is 3.20. The Morgan fingerprint density at radius 1 is 1.14 bits per heavy atom. The molecule has 2 aliphatic heterocycles. The number of rotatable bonds is 3. The summed E-state index contributed by atoms with van der Waals surface area (Å²) in [5, 5.41) is 3.91. The molecule has 0 N–H and O–H groups in total. The Balaban J connectivity index is 1.49. The molecule has 0 fully saturated rings. The molecule has 3 heterocycles. The van der Waals surface area contributed by atoms with Gasteiger partial charge in [-0.25, -0.2) is 4.68 Å². The van der Waals surface area contributed by atoms with Gasteiger partial charge < -0.3 is 19.3 Å². The van der Waals surface area contributed by atoms with Gasteiger partial charge in [0.1, 0.15) is 0 Å². The van der Waals surface area contributed by atoms with Crippen molar-refractivity contribution in [2.24, 2.45) is 0 Å². The maximum atomic E-state index is 13.8. The van der Waals surface area contributed by atoms with E-state index in [1.54, 1.807) is 19.2 Å². The summed E-state index contributed by atoms with van der Waals surface area (Å²) in [5.74, 6) is -1.11. The monoisotopic (exact) mass is 508 g/mol. The highest BCUT2D eigenvalue weighted by atomic mass is 19.4.